The summed E-state index contributed by atoms with van der Waals surface area (Å²) in [5.41, 5.74) is 0.195. The van der Waals surface area contributed by atoms with Gasteiger partial charge in [-0.15, -0.1) is 0 Å². The normalized spacial score (nSPS) is 13.5. The first-order chi connectivity index (χ1) is 18.2. The largest absolute Gasteiger partial charge is 0.497 e. The third-order valence-electron chi connectivity index (χ3n) is 5.29. The molecular weight excluding hydrogens is 527 g/mol. The molecule has 0 atom stereocenters. The van der Waals surface area contributed by atoms with Gasteiger partial charge in [0.05, 0.1) is 27.9 Å². The van der Waals surface area contributed by atoms with Gasteiger partial charge in [0.25, 0.3) is 0 Å². The molecule has 0 saturated heterocycles. The summed E-state index contributed by atoms with van der Waals surface area (Å²) in [5.74, 6) is 1.11. The first kappa shape index (κ1) is 26.8. The minimum atomic E-state index is -4.65. The number of hydrogen-bond donors (Lipinski definition) is 1. The van der Waals surface area contributed by atoms with Crippen LogP contribution in [-0.2, 0) is 10.9 Å². The summed E-state index contributed by atoms with van der Waals surface area (Å²) in [4.78, 5) is 26.7. The number of alkyl halides is 3. The van der Waals surface area contributed by atoms with Crippen LogP contribution in [0.5, 0.6) is 11.5 Å². The van der Waals surface area contributed by atoms with Crippen LogP contribution >= 0.6 is 11.8 Å². The van der Waals surface area contributed by atoms with Crippen molar-refractivity contribution in [3.63, 3.8) is 0 Å². The Balaban J connectivity index is 1.79. The molecule has 0 spiro atoms. The van der Waals surface area contributed by atoms with Crippen LogP contribution in [0.4, 0.5) is 29.6 Å². The van der Waals surface area contributed by atoms with Gasteiger partial charge in [0.1, 0.15) is 11.5 Å². The summed E-state index contributed by atoms with van der Waals surface area (Å²) in [6.45, 7) is 0.0238. The summed E-state index contributed by atoms with van der Waals surface area (Å²) in [6, 6.07) is 5.86. The molecule has 1 aliphatic rings. The zero-order valence-corrected chi connectivity index (χ0v) is 21.4. The monoisotopic (exact) mass is 549 g/mol. The lowest BCUT2D eigenvalue weighted by Gasteiger charge is -2.26. The Bertz CT molecular complexity index is 1390. The zero-order valence-electron chi connectivity index (χ0n) is 20.6. The molecule has 3 aromatic rings. The molecule has 0 fully saturated rings. The quantitative estimate of drug-likeness (QED) is 0.472. The Morgan fingerprint density at radius 1 is 1.13 bits per heavy atom. The highest BCUT2D eigenvalue weighted by Crippen LogP contribution is 2.32. The summed E-state index contributed by atoms with van der Waals surface area (Å²) < 4.78 is 56.3. The molecule has 1 amide bonds. The summed E-state index contributed by atoms with van der Waals surface area (Å²) in [7, 11) is 4.24. The summed E-state index contributed by atoms with van der Waals surface area (Å²) in [5, 5.41) is 7.07. The van der Waals surface area contributed by atoms with Crippen molar-refractivity contribution in [2.75, 3.05) is 39.4 Å². The van der Waals surface area contributed by atoms with Crippen LogP contribution in [0, 0.1) is 0 Å². The maximum Gasteiger partial charge on any atom is 0.435 e. The molecule has 1 aliphatic heterocycles. The third kappa shape index (κ3) is 5.66. The number of rotatable bonds is 6. The minimum absolute atomic E-state index is 0.0238. The first-order valence-electron chi connectivity index (χ1n) is 10.8. The molecule has 0 saturated carbocycles. The Kier molecular flexibility index (Phi) is 7.75. The van der Waals surface area contributed by atoms with E-state index in [9.17, 15) is 18.0 Å². The van der Waals surface area contributed by atoms with Crippen molar-refractivity contribution < 1.29 is 32.2 Å². The second kappa shape index (κ2) is 11.0. The molecule has 3 heterocycles. The average molecular weight is 550 g/mol. The SMILES string of the molecule is COC(=O)N1CC(c2cnc(Nc3cc(OC)cc(OC)c3)nc2-n2ccc(C(F)(F)F)n2)=CN=C1SC. The standard InChI is InChI=1S/C23H22F3N7O4S/c1-35-15-7-14(8-16(9-15)36-2)29-20-27-11-17(13-10-28-21(38-4)32(12-13)22(34)37-3)19(30-20)33-6-5-18(31-33)23(24,25)26/h5-11H,12H2,1-4H3,(H,27,29,30). The van der Waals surface area contributed by atoms with Gasteiger partial charge in [-0.2, -0.15) is 23.3 Å². The van der Waals surface area contributed by atoms with Crippen molar-refractivity contribution in [1.82, 2.24) is 24.6 Å². The van der Waals surface area contributed by atoms with Gasteiger partial charge < -0.3 is 19.5 Å². The van der Waals surface area contributed by atoms with E-state index in [1.54, 1.807) is 24.5 Å². The van der Waals surface area contributed by atoms with Crippen LogP contribution < -0.4 is 14.8 Å². The van der Waals surface area contributed by atoms with E-state index in [0.29, 0.717) is 33.5 Å². The van der Waals surface area contributed by atoms with Crippen LogP contribution in [0.25, 0.3) is 11.4 Å². The molecule has 11 nitrogen and oxygen atoms in total. The van der Waals surface area contributed by atoms with Gasteiger partial charge >= 0.3 is 12.3 Å². The second-order valence-electron chi connectivity index (χ2n) is 7.63. The minimum Gasteiger partial charge on any atom is -0.497 e. The fourth-order valence-electron chi connectivity index (χ4n) is 3.49. The average Bonchev–Trinajstić information content (AvgIpc) is 3.43. The Hall–Kier alpha value is -4.27. The predicted octanol–water partition coefficient (Wildman–Crippen LogP) is 4.58. The van der Waals surface area contributed by atoms with Crippen molar-refractivity contribution in [2.45, 2.75) is 6.18 Å². The number of aromatic nitrogens is 4. The number of carbonyl (C=O) groups excluding carboxylic acids is 1. The van der Waals surface area contributed by atoms with E-state index in [1.807, 2.05) is 0 Å². The number of amides is 1. The van der Waals surface area contributed by atoms with Gasteiger partial charge in [0, 0.05) is 53.6 Å². The van der Waals surface area contributed by atoms with E-state index in [-0.39, 0.29) is 18.3 Å². The molecule has 1 N–H and O–H groups in total. The van der Waals surface area contributed by atoms with Crippen molar-refractivity contribution >= 4 is 40.2 Å². The van der Waals surface area contributed by atoms with Crippen LogP contribution in [0.15, 0.2) is 47.9 Å². The summed E-state index contributed by atoms with van der Waals surface area (Å²) >= 11 is 1.24. The lowest BCUT2D eigenvalue weighted by Crippen LogP contribution is -2.38. The van der Waals surface area contributed by atoms with Gasteiger partial charge in [-0.3, -0.25) is 4.90 Å². The van der Waals surface area contributed by atoms with Crippen molar-refractivity contribution in [3.05, 3.63) is 54.1 Å². The number of amidine groups is 1. The number of carbonyl (C=O) groups is 1. The highest BCUT2D eigenvalue weighted by Gasteiger charge is 2.34. The molecule has 15 heteroatoms. The number of thioether (sulfide) groups is 1. The number of nitrogens with one attached hydrogen (secondary N) is 1. The Morgan fingerprint density at radius 2 is 1.84 bits per heavy atom. The topological polar surface area (TPSA) is 116 Å². The number of anilines is 2. The Labute approximate surface area is 219 Å². The van der Waals surface area contributed by atoms with Gasteiger partial charge in [-0.25, -0.2) is 19.5 Å². The predicted molar refractivity (Wildman–Crippen MR) is 135 cm³/mol. The molecule has 0 radical (unpaired) electrons. The number of hydrogen-bond acceptors (Lipinski definition) is 10. The molecule has 0 aliphatic carbocycles. The number of halogens is 3. The Morgan fingerprint density at radius 3 is 2.42 bits per heavy atom. The number of methoxy groups -OCH3 is 3. The fourth-order valence-corrected chi connectivity index (χ4v) is 4.01. The molecule has 2 aromatic heterocycles. The highest BCUT2D eigenvalue weighted by atomic mass is 32.2. The number of ether oxygens (including phenoxy) is 3. The van der Waals surface area contributed by atoms with E-state index in [2.05, 4.69) is 25.4 Å². The number of aliphatic imine (C=N–C) groups is 1. The molecule has 200 valence electrons. The molecular formula is C23H22F3N7O4S. The van der Waals surface area contributed by atoms with Crippen LogP contribution in [0.3, 0.4) is 0 Å². The fraction of sp³-hybridized carbons (Fsp3) is 0.261. The van der Waals surface area contributed by atoms with Crippen LogP contribution in [-0.4, -0.2) is 70.0 Å². The van der Waals surface area contributed by atoms with Crippen molar-refractivity contribution in [1.29, 1.82) is 0 Å². The van der Waals surface area contributed by atoms with Crippen molar-refractivity contribution in [2.24, 2.45) is 4.99 Å². The van der Waals surface area contributed by atoms with E-state index in [0.717, 1.165) is 16.9 Å². The smallest absolute Gasteiger partial charge is 0.435 e. The van der Waals surface area contributed by atoms with E-state index in [4.69, 9.17) is 14.2 Å². The summed E-state index contributed by atoms with van der Waals surface area (Å²) in [6.07, 6.45) is 0.512. The number of benzene rings is 1. The molecule has 38 heavy (non-hydrogen) atoms. The maximum atomic E-state index is 13.3. The molecule has 4 rings (SSSR count). The van der Waals surface area contributed by atoms with Gasteiger partial charge in [-0.05, 0) is 12.3 Å². The van der Waals surface area contributed by atoms with Crippen LogP contribution in [0.2, 0.25) is 0 Å². The third-order valence-corrected chi connectivity index (χ3v) is 5.98. The molecule has 1 aromatic carbocycles. The zero-order chi connectivity index (χ0) is 27.4. The van der Waals surface area contributed by atoms with E-state index < -0.39 is 18.0 Å². The van der Waals surface area contributed by atoms with Gasteiger partial charge in [0.2, 0.25) is 5.95 Å². The van der Waals surface area contributed by atoms with Gasteiger partial charge in [0.15, 0.2) is 16.7 Å². The number of nitrogens with zero attached hydrogens (tertiary/aromatic N) is 6. The first-order valence-corrected chi connectivity index (χ1v) is 12.1. The second-order valence-corrected chi connectivity index (χ2v) is 8.40. The molecule has 0 unspecified atom stereocenters. The lowest BCUT2D eigenvalue weighted by molar-refractivity contribution is -0.141. The van der Waals surface area contributed by atoms with Gasteiger partial charge in [-0.1, -0.05) is 11.8 Å². The van der Waals surface area contributed by atoms with E-state index in [1.165, 1.54) is 50.4 Å². The highest BCUT2D eigenvalue weighted by molar-refractivity contribution is 8.13. The van der Waals surface area contributed by atoms with Crippen LogP contribution in [0.1, 0.15) is 11.3 Å². The maximum absolute atomic E-state index is 13.3. The lowest BCUT2D eigenvalue weighted by atomic mass is 10.1. The van der Waals surface area contributed by atoms with E-state index >= 15 is 0 Å². The van der Waals surface area contributed by atoms with Crippen molar-refractivity contribution in [3.8, 4) is 17.3 Å². The molecule has 0 bridgehead atoms.